The summed E-state index contributed by atoms with van der Waals surface area (Å²) in [4.78, 5) is 15.1. The Kier molecular flexibility index (Phi) is 5.85. The van der Waals surface area contributed by atoms with E-state index in [9.17, 15) is 4.79 Å². The molecule has 3 aromatic rings. The van der Waals surface area contributed by atoms with Crippen molar-refractivity contribution in [1.29, 1.82) is 5.26 Å². The summed E-state index contributed by atoms with van der Waals surface area (Å²) in [5.41, 5.74) is 3.31. The first-order valence-corrected chi connectivity index (χ1v) is 10.5. The van der Waals surface area contributed by atoms with Crippen LogP contribution in [0.25, 0.3) is 11.0 Å². The largest absolute Gasteiger partial charge is 0.493 e. The third kappa shape index (κ3) is 4.22. The topological polar surface area (TPSA) is 75.7 Å². The van der Waals surface area contributed by atoms with E-state index in [4.69, 9.17) is 19.2 Å². The van der Waals surface area contributed by atoms with E-state index in [1.54, 1.807) is 25.3 Å². The number of methoxy groups -OCH3 is 1. The van der Waals surface area contributed by atoms with Crippen LogP contribution < -0.4 is 9.47 Å². The number of carbonyl (C=O) groups is 1. The van der Waals surface area contributed by atoms with Gasteiger partial charge in [0.15, 0.2) is 17.3 Å². The van der Waals surface area contributed by atoms with Crippen molar-refractivity contribution in [2.75, 3.05) is 26.8 Å². The molecule has 4 rings (SSSR count). The van der Waals surface area contributed by atoms with Gasteiger partial charge in [-0.2, -0.15) is 5.26 Å². The van der Waals surface area contributed by atoms with Crippen molar-refractivity contribution >= 4 is 16.9 Å². The van der Waals surface area contributed by atoms with Gasteiger partial charge >= 0.3 is 0 Å². The Morgan fingerprint density at radius 1 is 1.23 bits per heavy atom. The molecular weight excluding hydrogens is 392 g/mol. The van der Waals surface area contributed by atoms with Gasteiger partial charge in [-0.05, 0) is 51.0 Å². The number of piperidine rings is 1. The maximum Gasteiger partial charge on any atom is 0.289 e. The second-order valence-electron chi connectivity index (χ2n) is 8.10. The maximum atomic E-state index is 13.2. The highest BCUT2D eigenvalue weighted by molar-refractivity contribution is 5.99. The Labute approximate surface area is 182 Å². The van der Waals surface area contributed by atoms with Crippen molar-refractivity contribution < 1.29 is 18.7 Å². The Hall–Kier alpha value is -3.46. The summed E-state index contributed by atoms with van der Waals surface area (Å²) in [5, 5.41) is 10.0. The van der Waals surface area contributed by atoms with Gasteiger partial charge in [-0.25, -0.2) is 0 Å². The number of carbonyl (C=O) groups excluding carboxylic acids is 1. The first kappa shape index (κ1) is 20.8. The molecule has 1 aliphatic heterocycles. The predicted molar refractivity (Wildman–Crippen MR) is 118 cm³/mol. The lowest BCUT2D eigenvalue weighted by molar-refractivity contribution is 0.0602. The first-order chi connectivity index (χ1) is 15.0. The van der Waals surface area contributed by atoms with Crippen LogP contribution in [0, 0.1) is 31.1 Å². The van der Waals surface area contributed by atoms with Gasteiger partial charge in [-0.15, -0.1) is 0 Å². The zero-order valence-electron chi connectivity index (χ0n) is 18.1. The van der Waals surface area contributed by atoms with Gasteiger partial charge in [0.05, 0.1) is 25.3 Å². The molecule has 2 aromatic carbocycles. The van der Waals surface area contributed by atoms with Crippen molar-refractivity contribution in [2.24, 2.45) is 5.92 Å². The minimum Gasteiger partial charge on any atom is -0.493 e. The van der Waals surface area contributed by atoms with E-state index in [1.807, 2.05) is 30.9 Å². The van der Waals surface area contributed by atoms with Crippen LogP contribution in [0.4, 0.5) is 0 Å². The average molecular weight is 418 g/mol. The van der Waals surface area contributed by atoms with Gasteiger partial charge < -0.3 is 18.8 Å². The highest BCUT2D eigenvalue weighted by atomic mass is 16.5. The molecule has 0 aliphatic carbocycles. The lowest BCUT2D eigenvalue weighted by Gasteiger charge is -2.32. The fourth-order valence-corrected chi connectivity index (χ4v) is 4.13. The molecule has 0 N–H and O–H groups in total. The highest BCUT2D eigenvalue weighted by Crippen LogP contribution is 2.31. The number of ether oxygens (including phenoxy) is 2. The summed E-state index contributed by atoms with van der Waals surface area (Å²) in [6.07, 6.45) is 1.91. The zero-order chi connectivity index (χ0) is 22.0. The van der Waals surface area contributed by atoms with Gasteiger partial charge in [-0.1, -0.05) is 11.6 Å². The molecule has 6 nitrogen and oxygen atoms in total. The van der Waals surface area contributed by atoms with E-state index in [0.717, 1.165) is 34.9 Å². The van der Waals surface area contributed by atoms with Gasteiger partial charge in [0.1, 0.15) is 5.58 Å². The quantitative estimate of drug-likeness (QED) is 0.591. The fourth-order valence-electron chi connectivity index (χ4n) is 4.13. The summed E-state index contributed by atoms with van der Waals surface area (Å²) in [6.45, 7) is 5.79. The second kappa shape index (κ2) is 8.73. The van der Waals surface area contributed by atoms with Crippen LogP contribution in [0.15, 0.2) is 40.8 Å². The number of furan rings is 1. The lowest BCUT2D eigenvalue weighted by Crippen LogP contribution is -2.41. The van der Waals surface area contributed by atoms with E-state index in [-0.39, 0.29) is 11.8 Å². The van der Waals surface area contributed by atoms with E-state index in [0.29, 0.717) is 42.5 Å². The van der Waals surface area contributed by atoms with Crippen LogP contribution >= 0.6 is 0 Å². The number of benzene rings is 2. The van der Waals surface area contributed by atoms with E-state index in [1.165, 1.54) is 0 Å². The van der Waals surface area contributed by atoms with E-state index < -0.39 is 0 Å². The summed E-state index contributed by atoms with van der Waals surface area (Å²) in [6, 6.07) is 13.2. The van der Waals surface area contributed by atoms with Crippen LogP contribution in [0.2, 0.25) is 0 Å². The minimum atomic E-state index is -0.0630. The van der Waals surface area contributed by atoms with Gasteiger partial charge in [0, 0.05) is 36.0 Å². The molecule has 0 bridgehead atoms. The Balaban J connectivity index is 1.45. The minimum absolute atomic E-state index is 0.0630. The number of rotatable bonds is 5. The van der Waals surface area contributed by atoms with Crippen LogP contribution in [-0.4, -0.2) is 37.6 Å². The van der Waals surface area contributed by atoms with Crippen molar-refractivity contribution in [1.82, 2.24) is 4.90 Å². The Morgan fingerprint density at radius 2 is 2.06 bits per heavy atom. The van der Waals surface area contributed by atoms with Crippen LogP contribution in [0.3, 0.4) is 0 Å². The number of hydrogen-bond acceptors (Lipinski definition) is 5. The molecule has 2 heterocycles. The summed E-state index contributed by atoms with van der Waals surface area (Å²) < 4.78 is 17.3. The third-order valence-electron chi connectivity index (χ3n) is 5.86. The summed E-state index contributed by atoms with van der Waals surface area (Å²) in [5.74, 6) is 1.72. The number of fused-ring (bicyclic) bond motifs is 1. The lowest BCUT2D eigenvalue weighted by atomic mass is 9.98. The molecule has 6 heteroatoms. The van der Waals surface area contributed by atoms with Crippen molar-refractivity contribution in [3.8, 4) is 17.6 Å². The SMILES string of the molecule is COc1cc(C#N)ccc1OCC1CCCN(C(=O)c2oc3ccc(C)cc3c2C)C1. The highest BCUT2D eigenvalue weighted by Gasteiger charge is 2.28. The number of nitriles is 1. The predicted octanol–water partition coefficient (Wildman–Crippen LogP) is 4.86. The van der Waals surface area contributed by atoms with Gasteiger partial charge in [0.2, 0.25) is 0 Å². The number of nitrogens with zero attached hydrogens (tertiary/aromatic N) is 2. The Bertz CT molecular complexity index is 1160. The molecule has 0 saturated carbocycles. The molecule has 1 atom stereocenters. The van der Waals surface area contributed by atoms with Gasteiger partial charge in [0.25, 0.3) is 5.91 Å². The zero-order valence-corrected chi connectivity index (χ0v) is 18.1. The number of amides is 1. The smallest absolute Gasteiger partial charge is 0.289 e. The molecule has 1 aliphatic rings. The molecule has 1 aromatic heterocycles. The molecule has 1 unspecified atom stereocenters. The molecule has 1 amide bonds. The molecule has 0 radical (unpaired) electrons. The number of hydrogen-bond donors (Lipinski definition) is 0. The van der Waals surface area contributed by atoms with Gasteiger partial charge in [-0.3, -0.25) is 4.79 Å². The second-order valence-corrected chi connectivity index (χ2v) is 8.10. The molecule has 160 valence electrons. The van der Waals surface area contributed by atoms with E-state index >= 15 is 0 Å². The number of likely N-dealkylation sites (tertiary alicyclic amines) is 1. The maximum absolute atomic E-state index is 13.2. The molecule has 0 spiro atoms. The standard InChI is InChI=1S/C25H26N2O4/c1-16-6-8-21-20(11-16)17(2)24(31-21)25(28)27-10-4-5-19(14-27)15-30-22-9-7-18(13-26)12-23(22)29-3/h6-9,11-12,19H,4-5,10,14-15H2,1-3H3. The normalized spacial score (nSPS) is 16.2. The van der Waals surface area contributed by atoms with Crippen LogP contribution in [0.5, 0.6) is 11.5 Å². The van der Waals surface area contributed by atoms with Crippen molar-refractivity contribution in [3.63, 3.8) is 0 Å². The molecule has 31 heavy (non-hydrogen) atoms. The average Bonchev–Trinajstić information content (AvgIpc) is 3.13. The fraction of sp³-hybridized carbons (Fsp3) is 0.360. The summed E-state index contributed by atoms with van der Waals surface area (Å²) in [7, 11) is 1.56. The molecule has 1 saturated heterocycles. The monoisotopic (exact) mass is 418 g/mol. The Morgan fingerprint density at radius 3 is 2.84 bits per heavy atom. The molecular formula is C25H26N2O4. The number of aryl methyl sites for hydroxylation is 2. The van der Waals surface area contributed by atoms with Crippen molar-refractivity contribution in [2.45, 2.75) is 26.7 Å². The van der Waals surface area contributed by atoms with E-state index in [2.05, 4.69) is 12.1 Å². The van der Waals surface area contributed by atoms with Crippen LogP contribution in [-0.2, 0) is 0 Å². The third-order valence-corrected chi connectivity index (χ3v) is 5.86. The first-order valence-electron chi connectivity index (χ1n) is 10.5. The van der Waals surface area contributed by atoms with Crippen molar-refractivity contribution in [3.05, 3.63) is 58.8 Å². The van der Waals surface area contributed by atoms with Crippen LogP contribution in [0.1, 0.15) is 40.1 Å². The summed E-state index contributed by atoms with van der Waals surface area (Å²) >= 11 is 0. The molecule has 1 fully saturated rings.